The van der Waals surface area contributed by atoms with E-state index in [0.29, 0.717) is 56.6 Å². The van der Waals surface area contributed by atoms with E-state index in [1.54, 1.807) is 29.0 Å². The summed E-state index contributed by atoms with van der Waals surface area (Å²) in [6.07, 6.45) is 10.5. The molecule has 1 aromatic rings. The smallest absolute Gasteiger partial charge is 0.313 e. The number of nitrogens with zero attached hydrogens (tertiary/aromatic N) is 2. The number of aliphatic hydroxyl groups excluding tert-OH is 1. The van der Waals surface area contributed by atoms with Gasteiger partial charge < -0.3 is 29.1 Å². The Morgan fingerprint density at radius 2 is 1.82 bits per heavy atom. The summed E-state index contributed by atoms with van der Waals surface area (Å²) < 4.78 is 17.7. The Balaban J connectivity index is 1.60. The Morgan fingerprint density at radius 3 is 2.53 bits per heavy atom. The number of rotatable bonds is 8. The summed E-state index contributed by atoms with van der Waals surface area (Å²) in [6, 6.07) is 6.29. The molecule has 1 spiro atoms. The zero-order valence-corrected chi connectivity index (χ0v) is 22.0. The number of likely N-dealkylation sites (tertiary alicyclic amines) is 1. The third-order valence-corrected chi connectivity index (χ3v) is 8.34. The highest BCUT2D eigenvalue weighted by molar-refractivity contribution is 6.05. The number of amides is 2. The zero-order chi connectivity index (χ0) is 26.9. The highest BCUT2D eigenvalue weighted by atomic mass is 16.6. The van der Waals surface area contributed by atoms with Crippen LogP contribution in [0.4, 0.5) is 5.69 Å². The molecule has 0 radical (unpaired) electrons. The number of anilines is 1. The maximum absolute atomic E-state index is 14.4. The van der Waals surface area contributed by atoms with E-state index in [-0.39, 0.29) is 25.0 Å². The molecular weight excluding hydrogens is 488 g/mol. The van der Waals surface area contributed by atoms with Crippen molar-refractivity contribution in [1.82, 2.24) is 4.90 Å². The lowest BCUT2D eigenvalue weighted by Crippen LogP contribution is -2.56. The lowest BCUT2D eigenvalue weighted by Gasteiger charge is -2.38. The molecule has 2 fully saturated rings. The quantitative estimate of drug-likeness (QED) is 0.317. The number of ether oxygens (including phenoxy) is 3. The molecular formula is C29H36N2O7. The van der Waals surface area contributed by atoms with E-state index in [2.05, 4.69) is 0 Å². The molecule has 1 aromatic carbocycles. The third-order valence-electron chi connectivity index (χ3n) is 8.34. The molecule has 9 nitrogen and oxygen atoms in total. The van der Waals surface area contributed by atoms with Gasteiger partial charge >= 0.3 is 5.97 Å². The summed E-state index contributed by atoms with van der Waals surface area (Å²) in [5.41, 5.74) is -1.66. The number of hydrogen-bond donors (Lipinski definition) is 1. The molecule has 0 bridgehead atoms. The summed E-state index contributed by atoms with van der Waals surface area (Å²) in [6.45, 7) is 2.88. The second kappa shape index (κ2) is 10.5. The van der Waals surface area contributed by atoms with Crippen LogP contribution in [0.5, 0.6) is 5.75 Å². The second-order valence-corrected chi connectivity index (χ2v) is 10.3. The van der Waals surface area contributed by atoms with E-state index in [4.69, 9.17) is 14.2 Å². The molecule has 0 saturated carbocycles. The maximum Gasteiger partial charge on any atom is 0.313 e. The fourth-order valence-corrected chi connectivity index (χ4v) is 6.53. The van der Waals surface area contributed by atoms with Crippen LogP contribution in [0, 0.1) is 11.8 Å². The molecule has 38 heavy (non-hydrogen) atoms. The summed E-state index contributed by atoms with van der Waals surface area (Å²) in [7, 11) is 1.59. The average molecular weight is 525 g/mol. The van der Waals surface area contributed by atoms with Gasteiger partial charge in [0.15, 0.2) is 0 Å². The molecule has 0 aliphatic carbocycles. The molecule has 0 aromatic heterocycles. The van der Waals surface area contributed by atoms with Gasteiger partial charge in [0.2, 0.25) is 5.91 Å². The first-order chi connectivity index (χ1) is 18.4. The van der Waals surface area contributed by atoms with Gasteiger partial charge in [0, 0.05) is 25.4 Å². The molecule has 1 unspecified atom stereocenters. The van der Waals surface area contributed by atoms with E-state index in [9.17, 15) is 19.5 Å². The van der Waals surface area contributed by atoms with Crippen molar-refractivity contribution in [2.75, 3.05) is 38.3 Å². The lowest BCUT2D eigenvalue weighted by molar-refractivity contribution is -0.160. The molecule has 5 atom stereocenters. The normalized spacial score (nSPS) is 32.3. The molecule has 1 N–H and O–H groups in total. The second-order valence-electron chi connectivity index (χ2n) is 10.3. The number of fused-ring (bicyclic) bond motifs is 2. The van der Waals surface area contributed by atoms with Gasteiger partial charge in [0.1, 0.15) is 28.9 Å². The van der Waals surface area contributed by atoms with Crippen LogP contribution in [0.3, 0.4) is 0 Å². The minimum absolute atomic E-state index is 0.0687. The van der Waals surface area contributed by atoms with Gasteiger partial charge in [-0.2, -0.15) is 0 Å². The Labute approximate surface area is 223 Å². The van der Waals surface area contributed by atoms with Gasteiger partial charge in [-0.3, -0.25) is 14.4 Å². The van der Waals surface area contributed by atoms with Crippen LogP contribution in [0.25, 0.3) is 0 Å². The van der Waals surface area contributed by atoms with Crippen LogP contribution in [-0.2, 0) is 23.9 Å². The number of carbonyl (C=O) groups excluding carboxylic acids is 3. The van der Waals surface area contributed by atoms with Crippen LogP contribution in [0.15, 0.2) is 48.6 Å². The van der Waals surface area contributed by atoms with Crippen LogP contribution in [0.2, 0.25) is 0 Å². The van der Waals surface area contributed by atoms with Gasteiger partial charge in [0.05, 0.1) is 19.6 Å². The molecule has 4 aliphatic rings. The Kier molecular flexibility index (Phi) is 7.33. The highest BCUT2D eigenvalue weighted by Gasteiger charge is 2.75. The lowest BCUT2D eigenvalue weighted by atomic mass is 9.73. The van der Waals surface area contributed by atoms with Crippen molar-refractivity contribution < 1.29 is 33.7 Å². The fraction of sp³-hybridized carbons (Fsp3) is 0.552. The molecule has 204 valence electrons. The van der Waals surface area contributed by atoms with Crippen molar-refractivity contribution in [3.05, 3.63) is 48.6 Å². The van der Waals surface area contributed by atoms with Gasteiger partial charge in [-0.05, 0) is 56.4 Å². The van der Waals surface area contributed by atoms with E-state index in [1.165, 1.54) is 0 Å². The monoisotopic (exact) mass is 524 g/mol. The zero-order valence-electron chi connectivity index (χ0n) is 22.0. The molecule has 4 aliphatic heterocycles. The van der Waals surface area contributed by atoms with Crippen molar-refractivity contribution in [1.29, 1.82) is 0 Å². The Bertz CT molecular complexity index is 1130. The van der Waals surface area contributed by atoms with E-state index >= 15 is 0 Å². The number of aliphatic hydroxyl groups is 1. The van der Waals surface area contributed by atoms with E-state index < -0.39 is 35.0 Å². The van der Waals surface area contributed by atoms with E-state index in [0.717, 1.165) is 0 Å². The molecule has 2 amide bonds. The van der Waals surface area contributed by atoms with Crippen molar-refractivity contribution in [2.24, 2.45) is 11.8 Å². The van der Waals surface area contributed by atoms with Crippen molar-refractivity contribution in [2.45, 2.75) is 56.3 Å². The molecule has 9 heteroatoms. The summed E-state index contributed by atoms with van der Waals surface area (Å²) in [4.78, 5) is 45.3. The number of methoxy groups -OCH3 is 1. The summed E-state index contributed by atoms with van der Waals surface area (Å²) >= 11 is 0. The predicted molar refractivity (Wildman–Crippen MR) is 139 cm³/mol. The fourth-order valence-electron chi connectivity index (χ4n) is 6.53. The predicted octanol–water partition coefficient (Wildman–Crippen LogP) is 2.62. The number of esters is 1. The minimum atomic E-state index is -1.30. The first-order valence-corrected chi connectivity index (χ1v) is 13.5. The first-order valence-electron chi connectivity index (χ1n) is 13.5. The van der Waals surface area contributed by atoms with Crippen LogP contribution in [0.1, 0.15) is 39.0 Å². The number of unbranched alkanes of at least 4 members (excludes halogenated alkanes) is 2. The summed E-state index contributed by atoms with van der Waals surface area (Å²) in [5, 5.41) is 9.23. The van der Waals surface area contributed by atoms with Gasteiger partial charge in [0.25, 0.3) is 5.91 Å². The number of carbonyl (C=O) groups is 3. The molecule has 4 heterocycles. The summed E-state index contributed by atoms with van der Waals surface area (Å²) in [5.74, 6) is -2.03. The minimum Gasteiger partial charge on any atom is -0.497 e. The SMILES string of the molecule is CC[C@]12C=CCCOC(=O)[C@H]1[C@H]1C(=O)N(CCCCCO)C3C(=O)N(c4ccc(OC)cc4)CC=C[C@@]31O2. The number of benzene rings is 1. The van der Waals surface area contributed by atoms with E-state index in [1.807, 2.05) is 43.4 Å². The van der Waals surface area contributed by atoms with Gasteiger partial charge in [-0.25, -0.2) is 0 Å². The third kappa shape index (κ3) is 4.12. The van der Waals surface area contributed by atoms with Crippen molar-refractivity contribution in [3.8, 4) is 5.75 Å². The first kappa shape index (κ1) is 26.4. The number of cyclic esters (lactones) is 1. The molecule has 2 saturated heterocycles. The van der Waals surface area contributed by atoms with Gasteiger partial charge in [-0.1, -0.05) is 31.2 Å². The van der Waals surface area contributed by atoms with Crippen molar-refractivity contribution >= 4 is 23.5 Å². The van der Waals surface area contributed by atoms with Crippen molar-refractivity contribution in [3.63, 3.8) is 0 Å². The Morgan fingerprint density at radius 1 is 1.03 bits per heavy atom. The standard InChI is InChI=1S/C29H36N2O7/c1-3-28-14-5-8-19-37-27(35)23(28)22-25(33)31(16-6-4-7-18-32)24-26(34)30(17-9-15-29(22,24)38-28)20-10-12-21(36-2)13-11-20/h5,9-15,22-24,32H,3-4,6-8,16-19H2,1-2H3/t22-,23+,24?,28-,29-/m0/s1. The van der Waals surface area contributed by atoms with Crippen LogP contribution >= 0.6 is 0 Å². The number of hydrogen-bond acceptors (Lipinski definition) is 7. The average Bonchev–Trinajstić information content (AvgIpc) is 3.26. The largest absolute Gasteiger partial charge is 0.497 e. The highest BCUT2D eigenvalue weighted by Crippen LogP contribution is 2.58. The van der Waals surface area contributed by atoms with Crippen LogP contribution < -0.4 is 9.64 Å². The topological polar surface area (TPSA) is 106 Å². The molecule has 5 rings (SSSR count). The van der Waals surface area contributed by atoms with Gasteiger partial charge in [-0.15, -0.1) is 0 Å². The Hall–Kier alpha value is -3.17. The van der Waals surface area contributed by atoms with Crippen LogP contribution in [-0.4, -0.2) is 78.4 Å². The maximum atomic E-state index is 14.4.